The summed E-state index contributed by atoms with van der Waals surface area (Å²) in [4.78, 5) is 8.59. The van der Waals surface area contributed by atoms with Crippen LogP contribution in [0.1, 0.15) is 0 Å². The number of carbonyl (C=O) groups excluding carboxylic acids is 1. The van der Waals surface area contributed by atoms with Crippen molar-refractivity contribution in [2.75, 3.05) is 0 Å². The highest BCUT2D eigenvalue weighted by Gasteiger charge is 1.51. The summed E-state index contributed by atoms with van der Waals surface area (Å²) in [7, 11) is 0. The van der Waals surface area contributed by atoms with Gasteiger partial charge in [0.1, 0.15) is 0 Å². The molecule has 1 nitrogen and oxygen atoms in total. The SMILES string of the molecule is O=C(F)[S-]. The minimum absolute atomic E-state index is 1.75. The minimum atomic E-state index is -1.75. The lowest BCUT2D eigenvalue weighted by Gasteiger charge is -1.75. The molecule has 0 amide bonds. The second-order valence-electron chi connectivity index (χ2n) is 0.238. The fraction of sp³-hybridized carbons (Fsp3) is 0. The van der Waals surface area contributed by atoms with Gasteiger partial charge in [0, 0.05) is 0 Å². The van der Waals surface area contributed by atoms with E-state index in [4.69, 9.17) is 4.79 Å². The number of hydrogen-bond donors (Lipinski definition) is 0. The molecule has 0 aromatic carbocycles. The molecule has 0 saturated heterocycles. The highest BCUT2D eigenvalue weighted by atomic mass is 32.1. The summed E-state index contributed by atoms with van der Waals surface area (Å²) in [5.41, 5.74) is 0. The van der Waals surface area contributed by atoms with Crippen LogP contribution in [0, 0.1) is 0 Å². The third-order valence-electron chi connectivity index (χ3n) is 0. The van der Waals surface area contributed by atoms with Crippen LogP contribution in [-0.4, -0.2) is 5.37 Å². The second kappa shape index (κ2) is 1.17. The van der Waals surface area contributed by atoms with Crippen molar-refractivity contribution < 1.29 is 9.18 Å². The van der Waals surface area contributed by atoms with E-state index >= 15 is 0 Å². The van der Waals surface area contributed by atoms with E-state index in [9.17, 15) is 4.39 Å². The zero-order valence-corrected chi connectivity index (χ0v) is 2.51. The number of carbonyl (C=O) groups is 1. The van der Waals surface area contributed by atoms with Crippen molar-refractivity contribution >= 4 is 18.0 Å². The predicted octanol–water partition coefficient (Wildman–Crippen LogP) is 0.623. The smallest absolute Gasteiger partial charge is 0.186 e. The highest BCUT2D eigenvalue weighted by molar-refractivity contribution is 7.76. The molecule has 0 unspecified atom stereocenters. The molecule has 24 valence electrons. The molecule has 0 aliphatic carbocycles. The molecular formula is CFOS-. The van der Waals surface area contributed by atoms with Gasteiger partial charge < -0.3 is 12.6 Å². The maximum absolute atomic E-state index is 10.2. The normalized spacial score (nSPS) is 6.25. The molecule has 0 aliphatic rings. The first-order valence-corrected chi connectivity index (χ1v) is 1.01. The molecule has 0 aromatic heterocycles. The van der Waals surface area contributed by atoms with Crippen molar-refractivity contribution in [3.63, 3.8) is 0 Å². The first-order chi connectivity index (χ1) is 1.73. The van der Waals surface area contributed by atoms with Crippen LogP contribution in [0.15, 0.2) is 0 Å². The number of hydrogen-bond acceptors (Lipinski definition) is 2. The molecule has 0 fully saturated rings. The Bertz CT molecular complexity index is 31.0. The zero-order valence-electron chi connectivity index (χ0n) is 1.69. The average molecular weight is 79.1 g/mol. The first kappa shape index (κ1) is 3.82. The Hall–Kier alpha value is -0.180. The van der Waals surface area contributed by atoms with Crippen molar-refractivity contribution in [1.29, 1.82) is 0 Å². The molecule has 0 spiro atoms. The molecule has 0 rings (SSSR count). The minimum Gasteiger partial charge on any atom is -0.706 e. The molecule has 0 atom stereocenters. The van der Waals surface area contributed by atoms with Crippen LogP contribution in [0.2, 0.25) is 0 Å². The van der Waals surface area contributed by atoms with Crippen LogP contribution in [0.4, 0.5) is 9.18 Å². The van der Waals surface area contributed by atoms with Crippen LogP contribution in [0.3, 0.4) is 0 Å². The molecule has 0 heterocycles. The van der Waals surface area contributed by atoms with E-state index in [0.717, 1.165) is 0 Å². The zero-order chi connectivity index (χ0) is 3.58. The van der Waals surface area contributed by atoms with Gasteiger partial charge in [-0.2, -0.15) is 4.39 Å². The summed E-state index contributed by atoms with van der Waals surface area (Å²) in [5, 5.41) is -1.75. The van der Waals surface area contributed by atoms with E-state index in [2.05, 4.69) is 12.6 Å². The lowest BCUT2D eigenvalue weighted by atomic mass is 11.7. The monoisotopic (exact) mass is 79.0 g/mol. The largest absolute Gasteiger partial charge is 0.706 e. The number of halogens is 1. The van der Waals surface area contributed by atoms with Crippen LogP contribution in [0.25, 0.3) is 0 Å². The second-order valence-corrected chi connectivity index (χ2v) is 0.559. The van der Waals surface area contributed by atoms with Crippen molar-refractivity contribution in [3.05, 3.63) is 0 Å². The lowest BCUT2D eigenvalue weighted by molar-refractivity contribution is 0.245. The van der Waals surface area contributed by atoms with Gasteiger partial charge in [-0.15, -0.1) is 0 Å². The Morgan fingerprint density at radius 3 is 2.00 bits per heavy atom. The molecule has 3 heteroatoms. The Morgan fingerprint density at radius 1 is 2.00 bits per heavy atom. The van der Waals surface area contributed by atoms with Crippen LogP contribution in [0.5, 0.6) is 0 Å². The van der Waals surface area contributed by atoms with Crippen molar-refractivity contribution in [3.8, 4) is 0 Å². The van der Waals surface area contributed by atoms with Crippen LogP contribution in [-0.2, 0) is 12.6 Å². The van der Waals surface area contributed by atoms with E-state index in [1.165, 1.54) is 0 Å². The highest BCUT2D eigenvalue weighted by Crippen LogP contribution is 1.62. The van der Waals surface area contributed by atoms with Crippen molar-refractivity contribution in [1.82, 2.24) is 0 Å². The fourth-order valence-electron chi connectivity index (χ4n) is 0. The topological polar surface area (TPSA) is 17.1 Å². The summed E-state index contributed by atoms with van der Waals surface area (Å²) < 4.78 is 10.2. The van der Waals surface area contributed by atoms with Gasteiger partial charge in [0.2, 0.25) is 0 Å². The summed E-state index contributed by atoms with van der Waals surface area (Å²) >= 11 is 3.31. The van der Waals surface area contributed by atoms with Gasteiger partial charge in [-0.25, -0.2) is 0 Å². The van der Waals surface area contributed by atoms with Gasteiger partial charge >= 0.3 is 0 Å². The molecule has 0 aliphatic heterocycles. The third kappa shape index (κ3) is 37.8. The molecule has 0 radical (unpaired) electrons. The molecule has 0 saturated carbocycles. The molecule has 0 bridgehead atoms. The van der Waals surface area contributed by atoms with E-state index in [-0.39, 0.29) is 0 Å². The van der Waals surface area contributed by atoms with Crippen LogP contribution < -0.4 is 0 Å². The Kier molecular flexibility index (Phi) is 1.12. The van der Waals surface area contributed by atoms with Gasteiger partial charge in [-0.3, -0.25) is 4.79 Å². The summed E-state index contributed by atoms with van der Waals surface area (Å²) in [5.74, 6) is 0. The number of rotatable bonds is 0. The van der Waals surface area contributed by atoms with Crippen LogP contribution >= 0.6 is 0 Å². The Balaban J connectivity index is 2.80. The molecular weight excluding hydrogens is 79.1 g/mol. The standard InChI is InChI=1S/CHFOS/c2-1(3)4/h(H,3,4)/p-1. The molecule has 4 heavy (non-hydrogen) atoms. The van der Waals surface area contributed by atoms with Gasteiger partial charge in [-0.05, 0) is 0 Å². The molecule has 0 aromatic rings. The first-order valence-electron chi connectivity index (χ1n) is 0.597. The van der Waals surface area contributed by atoms with E-state index in [1.54, 1.807) is 0 Å². The van der Waals surface area contributed by atoms with Gasteiger partial charge in [-0.1, -0.05) is 0 Å². The quantitative estimate of drug-likeness (QED) is 0.313. The summed E-state index contributed by atoms with van der Waals surface area (Å²) in [6, 6.07) is 0. The predicted molar refractivity (Wildman–Crippen MR) is 13.9 cm³/mol. The maximum atomic E-state index is 10.2. The maximum Gasteiger partial charge on any atom is 0.186 e. The average Bonchev–Trinajstić information content (AvgIpc) is 0.811. The summed E-state index contributed by atoms with van der Waals surface area (Å²) in [6.45, 7) is 0. The van der Waals surface area contributed by atoms with E-state index < -0.39 is 5.37 Å². The summed E-state index contributed by atoms with van der Waals surface area (Å²) in [6.07, 6.45) is 0. The van der Waals surface area contributed by atoms with E-state index in [1.807, 2.05) is 0 Å². The van der Waals surface area contributed by atoms with Crippen molar-refractivity contribution in [2.24, 2.45) is 0 Å². The van der Waals surface area contributed by atoms with Gasteiger partial charge in [0.15, 0.2) is 5.37 Å². The molecule has 0 N–H and O–H groups in total. The van der Waals surface area contributed by atoms with Gasteiger partial charge in [0.05, 0.1) is 0 Å². The Morgan fingerprint density at radius 2 is 2.00 bits per heavy atom. The Labute approximate surface area is 28.2 Å². The third-order valence-corrected chi connectivity index (χ3v) is 0. The van der Waals surface area contributed by atoms with Gasteiger partial charge in [0.25, 0.3) is 0 Å². The lowest BCUT2D eigenvalue weighted by Crippen LogP contribution is -1.62. The van der Waals surface area contributed by atoms with Crippen molar-refractivity contribution in [2.45, 2.75) is 0 Å². The van der Waals surface area contributed by atoms with E-state index in [0.29, 0.717) is 0 Å². The fourth-order valence-corrected chi connectivity index (χ4v) is 0.